The summed E-state index contributed by atoms with van der Waals surface area (Å²) in [7, 11) is 1.68. The van der Waals surface area contributed by atoms with E-state index in [0.717, 1.165) is 24.1 Å². The van der Waals surface area contributed by atoms with Crippen LogP contribution < -0.4 is 5.73 Å². The van der Waals surface area contributed by atoms with Crippen LogP contribution in [0.1, 0.15) is 27.9 Å². The molecule has 1 amide bonds. The number of aryl methyl sites for hydroxylation is 1. The van der Waals surface area contributed by atoms with E-state index in [1.54, 1.807) is 7.11 Å². The minimum absolute atomic E-state index is 0.0193. The molecule has 1 aliphatic heterocycles. The molecule has 1 atom stereocenters. The molecule has 4 heteroatoms. The molecule has 1 unspecified atom stereocenters. The van der Waals surface area contributed by atoms with Crippen LogP contribution in [-0.4, -0.2) is 43.7 Å². The van der Waals surface area contributed by atoms with Crippen molar-refractivity contribution in [2.75, 3.05) is 26.7 Å². The SMILES string of the molecule is COC1CCN(C(=O)c2ccc(C)cc2C#CCN)C1. The molecular formula is C16H20N2O2. The second kappa shape index (κ2) is 6.56. The lowest BCUT2D eigenvalue weighted by atomic mass is 10.0. The Hall–Kier alpha value is -1.83. The minimum atomic E-state index is 0.0193. The number of hydrogen-bond acceptors (Lipinski definition) is 3. The monoisotopic (exact) mass is 272 g/mol. The molecule has 0 aliphatic carbocycles. The maximum atomic E-state index is 12.6. The summed E-state index contributed by atoms with van der Waals surface area (Å²) in [5.74, 6) is 5.83. The molecule has 1 aromatic carbocycles. The van der Waals surface area contributed by atoms with Gasteiger partial charge in [0.05, 0.1) is 18.2 Å². The Morgan fingerprint density at radius 3 is 3.00 bits per heavy atom. The molecule has 1 aliphatic rings. The van der Waals surface area contributed by atoms with Gasteiger partial charge in [0, 0.05) is 25.8 Å². The third-order valence-corrected chi connectivity index (χ3v) is 3.50. The molecule has 2 rings (SSSR count). The number of rotatable bonds is 2. The van der Waals surface area contributed by atoms with Gasteiger partial charge in [0.1, 0.15) is 0 Å². The smallest absolute Gasteiger partial charge is 0.255 e. The van der Waals surface area contributed by atoms with Crippen LogP contribution >= 0.6 is 0 Å². The number of carbonyl (C=O) groups excluding carboxylic acids is 1. The van der Waals surface area contributed by atoms with E-state index in [4.69, 9.17) is 10.5 Å². The lowest BCUT2D eigenvalue weighted by Gasteiger charge is -2.17. The number of ether oxygens (including phenoxy) is 1. The maximum absolute atomic E-state index is 12.6. The zero-order valence-electron chi connectivity index (χ0n) is 12.0. The number of likely N-dealkylation sites (tertiary alicyclic amines) is 1. The van der Waals surface area contributed by atoms with E-state index < -0.39 is 0 Å². The molecule has 0 bridgehead atoms. The largest absolute Gasteiger partial charge is 0.380 e. The van der Waals surface area contributed by atoms with Gasteiger partial charge in [-0.1, -0.05) is 17.9 Å². The van der Waals surface area contributed by atoms with Crippen LogP contribution in [0.25, 0.3) is 0 Å². The first-order valence-corrected chi connectivity index (χ1v) is 6.77. The van der Waals surface area contributed by atoms with Crippen molar-refractivity contribution in [2.45, 2.75) is 19.4 Å². The highest BCUT2D eigenvalue weighted by Crippen LogP contribution is 2.18. The summed E-state index contributed by atoms with van der Waals surface area (Å²) in [5.41, 5.74) is 7.89. The first-order chi connectivity index (χ1) is 9.65. The summed E-state index contributed by atoms with van der Waals surface area (Å²) in [5, 5.41) is 0. The molecule has 2 N–H and O–H groups in total. The summed E-state index contributed by atoms with van der Waals surface area (Å²) < 4.78 is 5.30. The predicted molar refractivity (Wildman–Crippen MR) is 78.4 cm³/mol. The van der Waals surface area contributed by atoms with Gasteiger partial charge in [0.15, 0.2) is 0 Å². The summed E-state index contributed by atoms with van der Waals surface area (Å²) in [6.07, 6.45) is 1.03. The highest BCUT2D eigenvalue weighted by atomic mass is 16.5. The Kier molecular flexibility index (Phi) is 4.78. The maximum Gasteiger partial charge on any atom is 0.255 e. The van der Waals surface area contributed by atoms with Crippen molar-refractivity contribution >= 4 is 5.91 Å². The Morgan fingerprint density at radius 2 is 2.35 bits per heavy atom. The van der Waals surface area contributed by atoms with Gasteiger partial charge in [0.2, 0.25) is 0 Å². The van der Waals surface area contributed by atoms with Crippen molar-refractivity contribution < 1.29 is 9.53 Å². The van der Waals surface area contributed by atoms with Crippen LogP contribution in [-0.2, 0) is 4.74 Å². The van der Waals surface area contributed by atoms with Crippen molar-refractivity contribution in [3.05, 3.63) is 34.9 Å². The number of nitrogens with two attached hydrogens (primary N) is 1. The van der Waals surface area contributed by atoms with E-state index in [0.29, 0.717) is 12.1 Å². The topological polar surface area (TPSA) is 55.6 Å². The standard InChI is InChI=1S/C16H20N2O2/c1-12-5-6-15(13(10-12)4-3-8-17)16(19)18-9-7-14(11-18)20-2/h5-6,10,14H,7-9,11,17H2,1-2H3. The van der Waals surface area contributed by atoms with Crippen LogP contribution in [0.4, 0.5) is 0 Å². The number of benzene rings is 1. The zero-order valence-corrected chi connectivity index (χ0v) is 12.0. The van der Waals surface area contributed by atoms with Gasteiger partial charge in [0.25, 0.3) is 5.91 Å². The Balaban J connectivity index is 2.25. The quantitative estimate of drug-likeness (QED) is 0.822. The number of hydrogen-bond donors (Lipinski definition) is 1. The fourth-order valence-electron chi connectivity index (χ4n) is 2.37. The Bertz CT molecular complexity index is 557. The summed E-state index contributed by atoms with van der Waals surface area (Å²) in [6.45, 7) is 3.65. The first kappa shape index (κ1) is 14.6. The van der Waals surface area contributed by atoms with E-state index in [-0.39, 0.29) is 18.6 Å². The number of carbonyl (C=O) groups is 1. The zero-order chi connectivity index (χ0) is 14.5. The fraction of sp³-hybridized carbons (Fsp3) is 0.438. The molecule has 106 valence electrons. The third kappa shape index (κ3) is 3.19. The predicted octanol–water partition coefficient (Wildman–Crippen LogP) is 1.17. The van der Waals surface area contributed by atoms with Crippen molar-refractivity contribution in [1.82, 2.24) is 4.90 Å². The van der Waals surface area contributed by atoms with Crippen LogP contribution in [0, 0.1) is 18.8 Å². The normalized spacial score (nSPS) is 17.8. The summed E-state index contributed by atoms with van der Waals surface area (Å²) in [6, 6.07) is 5.71. The van der Waals surface area contributed by atoms with Crippen molar-refractivity contribution in [3.63, 3.8) is 0 Å². The average molecular weight is 272 g/mol. The Morgan fingerprint density at radius 1 is 1.55 bits per heavy atom. The van der Waals surface area contributed by atoms with Gasteiger partial charge in [-0.2, -0.15) is 0 Å². The number of methoxy groups -OCH3 is 1. The van der Waals surface area contributed by atoms with Gasteiger partial charge >= 0.3 is 0 Å². The van der Waals surface area contributed by atoms with Crippen LogP contribution in [0.3, 0.4) is 0 Å². The lowest BCUT2D eigenvalue weighted by molar-refractivity contribution is 0.0724. The Labute approximate surface area is 119 Å². The molecular weight excluding hydrogens is 252 g/mol. The highest BCUT2D eigenvalue weighted by molar-refractivity contribution is 5.97. The highest BCUT2D eigenvalue weighted by Gasteiger charge is 2.27. The van der Waals surface area contributed by atoms with E-state index in [1.807, 2.05) is 30.0 Å². The van der Waals surface area contributed by atoms with E-state index in [2.05, 4.69) is 11.8 Å². The van der Waals surface area contributed by atoms with Crippen molar-refractivity contribution in [1.29, 1.82) is 0 Å². The molecule has 0 aromatic heterocycles. The molecule has 20 heavy (non-hydrogen) atoms. The molecule has 4 nitrogen and oxygen atoms in total. The van der Waals surface area contributed by atoms with Gasteiger partial charge in [-0.05, 0) is 31.0 Å². The number of amides is 1. The summed E-state index contributed by atoms with van der Waals surface area (Å²) in [4.78, 5) is 14.4. The molecule has 0 saturated carbocycles. The van der Waals surface area contributed by atoms with E-state index >= 15 is 0 Å². The molecule has 1 saturated heterocycles. The third-order valence-electron chi connectivity index (χ3n) is 3.50. The molecule has 1 heterocycles. The fourth-order valence-corrected chi connectivity index (χ4v) is 2.37. The van der Waals surface area contributed by atoms with Crippen molar-refractivity contribution in [3.8, 4) is 11.8 Å². The van der Waals surface area contributed by atoms with E-state index in [9.17, 15) is 4.79 Å². The second-order valence-electron chi connectivity index (χ2n) is 4.95. The average Bonchev–Trinajstić information content (AvgIpc) is 2.93. The molecule has 0 spiro atoms. The molecule has 1 aromatic rings. The number of nitrogens with zero attached hydrogens (tertiary/aromatic N) is 1. The van der Waals surface area contributed by atoms with E-state index in [1.165, 1.54) is 0 Å². The molecule has 0 radical (unpaired) electrons. The second-order valence-corrected chi connectivity index (χ2v) is 4.95. The van der Waals surface area contributed by atoms with Crippen LogP contribution in [0.2, 0.25) is 0 Å². The van der Waals surface area contributed by atoms with Gasteiger partial charge < -0.3 is 15.4 Å². The van der Waals surface area contributed by atoms with Gasteiger partial charge in [-0.25, -0.2) is 0 Å². The van der Waals surface area contributed by atoms with Crippen LogP contribution in [0.15, 0.2) is 18.2 Å². The van der Waals surface area contributed by atoms with Crippen LogP contribution in [0.5, 0.6) is 0 Å². The minimum Gasteiger partial charge on any atom is -0.380 e. The lowest BCUT2D eigenvalue weighted by Crippen LogP contribution is -2.30. The summed E-state index contributed by atoms with van der Waals surface area (Å²) >= 11 is 0. The van der Waals surface area contributed by atoms with Crippen molar-refractivity contribution in [2.24, 2.45) is 5.73 Å². The van der Waals surface area contributed by atoms with Gasteiger partial charge in [-0.3, -0.25) is 4.79 Å². The van der Waals surface area contributed by atoms with Gasteiger partial charge in [-0.15, -0.1) is 0 Å². The molecule has 1 fully saturated rings. The first-order valence-electron chi connectivity index (χ1n) is 6.77.